The Balaban J connectivity index is 1.41. The Kier molecular flexibility index (Phi) is 4.29. The minimum absolute atomic E-state index is 0.0785. The zero-order valence-electron chi connectivity index (χ0n) is 13.6. The van der Waals surface area contributed by atoms with E-state index in [-0.39, 0.29) is 10.1 Å². The Hall–Kier alpha value is -1.86. The molecule has 1 amide bonds. The van der Waals surface area contributed by atoms with Gasteiger partial charge >= 0.3 is 0 Å². The van der Waals surface area contributed by atoms with Crippen LogP contribution >= 0.6 is 11.3 Å². The van der Waals surface area contributed by atoms with E-state index in [2.05, 4.69) is 10.0 Å². The maximum atomic E-state index is 12.4. The number of nitrogens with one attached hydrogen (secondary N) is 2. The predicted octanol–water partition coefficient (Wildman–Crippen LogP) is 3.47. The Labute approximate surface area is 151 Å². The molecule has 1 aromatic carbocycles. The second-order valence-electron chi connectivity index (χ2n) is 6.87. The van der Waals surface area contributed by atoms with E-state index in [1.165, 1.54) is 30.6 Å². The molecule has 25 heavy (non-hydrogen) atoms. The van der Waals surface area contributed by atoms with Gasteiger partial charge in [0.25, 0.3) is 15.9 Å². The molecule has 7 heteroatoms. The first kappa shape index (κ1) is 16.6. The molecule has 2 aliphatic carbocycles. The predicted molar refractivity (Wildman–Crippen MR) is 98.3 cm³/mol. The maximum Gasteiger partial charge on any atom is 0.271 e. The first-order chi connectivity index (χ1) is 12.0. The standard InChI is InChI=1S/C18H20N2O3S2/c21-18(19-16-11-12-3-4-14(16)10-12)13-5-7-15(8-6-13)20-25(22,23)17-2-1-9-24-17/h1-2,5-9,12,14,16,20H,3-4,10-11H2,(H,19,21)/t12-,14-,16+/m0/s1. The van der Waals surface area contributed by atoms with Gasteiger partial charge in [-0.15, -0.1) is 11.3 Å². The number of hydrogen-bond acceptors (Lipinski definition) is 4. The Morgan fingerprint density at radius 3 is 2.48 bits per heavy atom. The average molecular weight is 377 g/mol. The fourth-order valence-corrected chi connectivity index (χ4v) is 6.04. The summed E-state index contributed by atoms with van der Waals surface area (Å²) in [7, 11) is -3.56. The van der Waals surface area contributed by atoms with Crippen LogP contribution in [0.3, 0.4) is 0 Å². The first-order valence-electron chi connectivity index (χ1n) is 8.48. The Bertz CT molecular complexity index is 860. The van der Waals surface area contributed by atoms with Gasteiger partial charge in [-0.1, -0.05) is 12.5 Å². The summed E-state index contributed by atoms with van der Waals surface area (Å²) in [5.74, 6) is 1.33. The molecular weight excluding hydrogens is 356 g/mol. The SMILES string of the molecule is O=C(N[C@@H]1C[C@H]2CC[C@H]1C2)c1ccc(NS(=O)(=O)c2cccs2)cc1. The highest BCUT2D eigenvalue weighted by Gasteiger charge is 2.40. The van der Waals surface area contributed by atoms with Crippen LogP contribution in [0.15, 0.2) is 46.0 Å². The average Bonchev–Trinajstić information content (AvgIpc) is 3.33. The smallest absolute Gasteiger partial charge is 0.271 e. The van der Waals surface area contributed by atoms with Crippen molar-refractivity contribution in [2.75, 3.05) is 4.72 Å². The summed E-state index contributed by atoms with van der Waals surface area (Å²) in [5, 5.41) is 4.86. The van der Waals surface area contributed by atoms with Crippen LogP contribution < -0.4 is 10.0 Å². The van der Waals surface area contributed by atoms with Crippen LogP contribution in [0.4, 0.5) is 5.69 Å². The third-order valence-corrected chi connectivity index (χ3v) is 7.99. The highest BCUT2D eigenvalue weighted by atomic mass is 32.2. The summed E-state index contributed by atoms with van der Waals surface area (Å²) >= 11 is 1.17. The van der Waals surface area contributed by atoms with Gasteiger partial charge in [0.2, 0.25) is 0 Å². The number of anilines is 1. The molecule has 2 bridgehead atoms. The summed E-state index contributed by atoms with van der Waals surface area (Å²) < 4.78 is 27.2. The van der Waals surface area contributed by atoms with Gasteiger partial charge in [0.15, 0.2) is 0 Å². The quantitative estimate of drug-likeness (QED) is 0.839. The van der Waals surface area contributed by atoms with E-state index in [0.29, 0.717) is 23.2 Å². The summed E-state index contributed by atoms with van der Waals surface area (Å²) in [6.07, 6.45) is 4.86. The Morgan fingerprint density at radius 2 is 1.88 bits per heavy atom. The van der Waals surface area contributed by atoms with Gasteiger partial charge in [-0.2, -0.15) is 0 Å². The highest BCUT2D eigenvalue weighted by molar-refractivity contribution is 7.94. The van der Waals surface area contributed by atoms with E-state index in [1.54, 1.807) is 41.8 Å². The maximum absolute atomic E-state index is 12.4. The van der Waals surface area contributed by atoms with Crippen LogP contribution in [0.1, 0.15) is 36.0 Å². The molecule has 2 aromatic rings. The Morgan fingerprint density at radius 1 is 1.08 bits per heavy atom. The lowest BCUT2D eigenvalue weighted by Gasteiger charge is -2.22. The van der Waals surface area contributed by atoms with Crippen LogP contribution in [0, 0.1) is 11.8 Å². The molecule has 4 rings (SSSR count). The molecule has 2 fully saturated rings. The van der Waals surface area contributed by atoms with Crippen LogP contribution in [-0.4, -0.2) is 20.4 Å². The van der Waals surface area contributed by atoms with Crippen molar-refractivity contribution in [1.29, 1.82) is 0 Å². The lowest BCUT2D eigenvalue weighted by molar-refractivity contribution is 0.0923. The van der Waals surface area contributed by atoms with Gasteiger partial charge in [-0.05, 0) is 66.8 Å². The summed E-state index contributed by atoms with van der Waals surface area (Å²) in [5.41, 5.74) is 1.01. The fourth-order valence-electron chi connectivity index (χ4n) is 3.98. The van der Waals surface area contributed by atoms with Crippen LogP contribution in [0.2, 0.25) is 0 Å². The van der Waals surface area contributed by atoms with Gasteiger partial charge in [0.05, 0.1) is 0 Å². The highest BCUT2D eigenvalue weighted by Crippen LogP contribution is 2.44. The van der Waals surface area contributed by atoms with E-state index < -0.39 is 10.0 Å². The monoisotopic (exact) mass is 376 g/mol. The van der Waals surface area contributed by atoms with Gasteiger partial charge in [-0.3, -0.25) is 9.52 Å². The number of benzene rings is 1. The third kappa shape index (κ3) is 3.43. The summed E-state index contributed by atoms with van der Waals surface area (Å²) in [6.45, 7) is 0. The van der Waals surface area contributed by atoms with Gasteiger partial charge in [0.1, 0.15) is 4.21 Å². The molecular formula is C18H20N2O3S2. The second kappa shape index (κ2) is 6.46. The molecule has 3 atom stereocenters. The third-order valence-electron chi connectivity index (χ3n) is 5.21. The number of hydrogen-bond donors (Lipinski definition) is 2. The number of thiophene rings is 1. The van der Waals surface area contributed by atoms with Gasteiger partial charge in [-0.25, -0.2) is 8.42 Å². The molecule has 0 saturated heterocycles. The molecule has 0 spiro atoms. The van der Waals surface area contributed by atoms with Crippen molar-refractivity contribution >= 4 is 33.0 Å². The number of carbonyl (C=O) groups excluding carboxylic acids is 1. The van der Waals surface area contributed by atoms with E-state index in [4.69, 9.17) is 0 Å². The number of rotatable bonds is 5. The van der Waals surface area contributed by atoms with Gasteiger partial charge in [0, 0.05) is 17.3 Å². The lowest BCUT2D eigenvalue weighted by atomic mass is 9.95. The molecule has 0 radical (unpaired) electrons. The van der Waals surface area contributed by atoms with Crippen molar-refractivity contribution in [2.45, 2.75) is 35.9 Å². The van der Waals surface area contributed by atoms with E-state index in [1.807, 2.05) is 0 Å². The zero-order chi connectivity index (χ0) is 17.4. The van der Waals surface area contributed by atoms with Crippen LogP contribution in [0.5, 0.6) is 0 Å². The number of fused-ring (bicyclic) bond motifs is 2. The van der Waals surface area contributed by atoms with Crippen molar-refractivity contribution in [3.63, 3.8) is 0 Å². The summed E-state index contributed by atoms with van der Waals surface area (Å²) in [4.78, 5) is 12.4. The van der Waals surface area contributed by atoms with Crippen LogP contribution in [0.25, 0.3) is 0 Å². The van der Waals surface area contributed by atoms with E-state index in [0.717, 1.165) is 12.3 Å². The summed E-state index contributed by atoms with van der Waals surface area (Å²) in [6, 6.07) is 10.1. The molecule has 2 saturated carbocycles. The van der Waals surface area contributed by atoms with Crippen molar-refractivity contribution < 1.29 is 13.2 Å². The molecule has 132 valence electrons. The lowest BCUT2D eigenvalue weighted by Crippen LogP contribution is -2.38. The topological polar surface area (TPSA) is 75.3 Å². The molecule has 5 nitrogen and oxygen atoms in total. The fraction of sp³-hybridized carbons (Fsp3) is 0.389. The van der Waals surface area contributed by atoms with Crippen molar-refractivity contribution in [2.24, 2.45) is 11.8 Å². The van der Waals surface area contributed by atoms with Crippen molar-refractivity contribution in [1.82, 2.24) is 5.32 Å². The number of amides is 1. The molecule has 0 unspecified atom stereocenters. The molecule has 1 heterocycles. The largest absolute Gasteiger partial charge is 0.349 e. The molecule has 0 aliphatic heterocycles. The molecule has 2 aliphatic rings. The first-order valence-corrected chi connectivity index (χ1v) is 10.8. The number of sulfonamides is 1. The van der Waals surface area contributed by atoms with E-state index in [9.17, 15) is 13.2 Å². The number of carbonyl (C=O) groups is 1. The molecule has 1 aromatic heterocycles. The van der Waals surface area contributed by atoms with Crippen molar-refractivity contribution in [3.8, 4) is 0 Å². The minimum atomic E-state index is -3.56. The second-order valence-corrected chi connectivity index (χ2v) is 9.73. The molecule has 2 N–H and O–H groups in total. The minimum Gasteiger partial charge on any atom is -0.349 e. The van der Waals surface area contributed by atoms with E-state index >= 15 is 0 Å². The van der Waals surface area contributed by atoms with Crippen LogP contribution in [-0.2, 0) is 10.0 Å². The van der Waals surface area contributed by atoms with Crippen molar-refractivity contribution in [3.05, 3.63) is 47.3 Å². The zero-order valence-corrected chi connectivity index (χ0v) is 15.3. The van der Waals surface area contributed by atoms with Gasteiger partial charge < -0.3 is 5.32 Å². The normalized spacial score (nSPS) is 25.0.